The number of rotatable bonds is 4. The highest BCUT2D eigenvalue weighted by Gasteiger charge is 2.12. The van der Waals surface area contributed by atoms with Crippen molar-refractivity contribution in [1.82, 2.24) is 0 Å². The van der Waals surface area contributed by atoms with Crippen molar-refractivity contribution in [3.05, 3.63) is 58.7 Å². The lowest BCUT2D eigenvalue weighted by Gasteiger charge is -2.11. The van der Waals surface area contributed by atoms with Crippen LogP contribution in [0.15, 0.2) is 41.3 Å². The predicted octanol–water partition coefficient (Wildman–Crippen LogP) is 3.20. The summed E-state index contributed by atoms with van der Waals surface area (Å²) in [6.07, 6.45) is 1.40. The van der Waals surface area contributed by atoms with E-state index in [2.05, 4.69) is 5.32 Å². The lowest BCUT2D eigenvalue weighted by molar-refractivity contribution is -0.115. The van der Waals surface area contributed by atoms with Crippen molar-refractivity contribution in [3.63, 3.8) is 0 Å². The average molecular weight is 331 g/mol. The van der Waals surface area contributed by atoms with Gasteiger partial charge in [0.15, 0.2) is 9.84 Å². The Hall–Kier alpha value is -2.14. The molecule has 0 spiro atoms. The van der Waals surface area contributed by atoms with Crippen LogP contribution in [0.25, 0.3) is 0 Å². The van der Waals surface area contributed by atoms with E-state index in [-0.39, 0.29) is 17.2 Å². The SMILES string of the molecule is Cc1ccc(CC(=O)Nc2cc(S(C)(=O)=O)ccc2C)cc1C. The molecular formula is C18H21NO3S. The number of nitrogens with one attached hydrogen (secondary N) is 1. The van der Waals surface area contributed by atoms with Gasteiger partial charge in [-0.1, -0.05) is 24.3 Å². The van der Waals surface area contributed by atoms with E-state index in [4.69, 9.17) is 0 Å². The third-order valence-corrected chi connectivity index (χ3v) is 4.96. The Kier molecular flexibility index (Phi) is 4.90. The number of carbonyl (C=O) groups excluding carboxylic acids is 1. The summed E-state index contributed by atoms with van der Waals surface area (Å²) in [5.41, 5.74) is 4.62. The normalized spacial score (nSPS) is 11.3. The molecule has 2 aromatic rings. The van der Waals surface area contributed by atoms with Gasteiger partial charge in [0.05, 0.1) is 11.3 Å². The molecule has 0 atom stereocenters. The molecule has 1 N–H and O–H groups in total. The molecule has 0 bridgehead atoms. The summed E-state index contributed by atoms with van der Waals surface area (Å²) >= 11 is 0. The van der Waals surface area contributed by atoms with Crippen LogP contribution >= 0.6 is 0 Å². The molecule has 0 aliphatic carbocycles. The molecule has 0 aromatic heterocycles. The van der Waals surface area contributed by atoms with Crippen molar-refractivity contribution in [3.8, 4) is 0 Å². The first-order valence-corrected chi connectivity index (χ1v) is 9.22. The second-order valence-corrected chi connectivity index (χ2v) is 7.91. The van der Waals surface area contributed by atoms with Crippen LogP contribution < -0.4 is 5.32 Å². The van der Waals surface area contributed by atoms with E-state index in [0.29, 0.717) is 5.69 Å². The Bertz CT molecular complexity index is 855. The Labute approximate surface area is 137 Å². The van der Waals surface area contributed by atoms with E-state index in [1.54, 1.807) is 12.1 Å². The highest BCUT2D eigenvalue weighted by Crippen LogP contribution is 2.20. The lowest BCUT2D eigenvalue weighted by atomic mass is 10.0. The van der Waals surface area contributed by atoms with Gasteiger partial charge in [0.25, 0.3) is 0 Å². The third-order valence-electron chi connectivity index (χ3n) is 3.85. The van der Waals surface area contributed by atoms with E-state index in [0.717, 1.165) is 22.9 Å². The minimum absolute atomic E-state index is 0.165. The fraction of sp³-hybridized carbons (Fsp3) is 0.278. The maximum atomic E-state index is 12.2. The molecule has 0 radical (unpaired) electrons. The molecule has 0 aliphatic heterocycles. The molecule has 122 valence electrons. The minimum atomic E-state index is -3.30. The number of amides is 1. The molecule has 0 aliphatic rings. The van der Waals surface area contributed by atoms with Crippen LogP contribution in [0.3, 0.4) is 0 Å². The first-order valence-electron chi connectivity index (χ1n) is 7.33. The Morgan fingerprint density at radius 2 is 1.61 bits per heavy atom. The zero-order chi connectivity index (χ0) is 17.2. The minimum Gasteiger partial charge on any atom is -0.326 e. The second-order valence-electron chi connectivity index (χ2n) is 5.89. The van der Waals surface area contributed by atoms with Gasteiger partial charge in [0.2, 0.25) is 5.91 Å². The molecule has 0 saturated carbocycles. The molecule has 2 aromatic carbocycles. The van der Waals surface area contributed by atoms with Gasteiger partial charge in [0.1, 0.15) is 0 Å². The Balaban J connectivity index is 2.18. The first kappa shape index (κ1) is 17.2. The van der Waals surface area contributed by atoms with Crippen LogP contribution in [-0.4, -0.2) is 20.6 Å². The predicted molar refractivity (Wildman–Crippen MR) is 92.5 cm³/mol. The molecule has 2 rings (SSSR count). The summed E-state index contributed by atoms with van der Waals surface area (Å²) in [5.74, 6) is -0.165. The van der Waals surface area contributed by atoms with Crippen molar-refractivity contribution in [2.24, 2.45) is 0 Å². The molecule has 0 heterocycles. The third kappa shape index (κ3) is 4.42. The molecule has 23 heavy (non-hydrogen) atoms. The summed E-state index contributed by atoms with van der Waals surface area (Å²) in [6.45, 7) is 5.87. The van der Waals surface area contributed by atoms with Crippen LogP contribution in [0.2, 0.25) is 0 Å². The number of hydrogen-bond donors (Lipinski definition) is 1. The van der Waals surface area contributed by atoms with Gasteiger partial charge in [-0.15, -0.1) is 0 Å². The summed E-state index contributed by atoms with van der Waals surface area (Å²) in [4.78, 5) is 12.4. The van der Waals surface area contributed by atoms with Crippen molar-refractivity contribution < 1.29 is 13.2 Å². The van der Waals surface area contributed by atoms with Crippen LogP contribution in [-0.2, 0) is 21.1 Å². The van der Waals surface area contributed by atoms with Crippen LogP contribution in [0.5, 0.6) is 0 Å². The zero-order valence-electron chi connectivity index (χ0n) is 13.8. The van der Waals surface area contributed by atoms with Gasteiger partial charge in [-0.2, -0.15) is 0 Å². The standard InChI is InChI=1S/C18H21NO3S/c1-12-5-7-15(9-14(12)3)10-18(20)19-17-11-16(23(4,21)22)8-6-13(17)2/h5-9,11H,10H2,1-4H3,(H,19,20). The monoisotopic (exact) mass is 331 g/mol. The van der Waals surface area contributed by atoms with E-state index < -0.39 is 9.84 Å². The highest BCUT2D eigenvalue weighted by molar-refractivity contribution is 7.90. The van der Waals surface area contributed by atoms with Crippen LogP contribution in [0.4, 0.5) is 5.69 Å². The maximum absolute atomic E-state index is 12.2. The van der Waals surface area contributed by atoms with E-state index >= 15 is 0 Å². The average Bonchev–Trinajstić information content (AvgIpc) is 2.44. The van der Waals surface area contributed by atoms with Gasteiger partial charge >= 0.3 is 0 Å². The lowest BCUT2D eigenvalue weighted by Crippen LogP contribution is -2.15. The number of sulfone groups is 1. The maximum Gasteiger partial charge on any atom is 0.228 e. The number of hydrogen-bond acceptors (Lipinski definition) is 3. The number of carbonyl (C=O) groups is 1. The van der Waals surface area contributed by atoms with Crippen molar-refractivity contribution in [2.45, 2.75) is 32.1 Å². The smallest absolute Gasteiger partial charge is 0.228 e. The largest absolute Gasteiger partial charge is 0.326 e. The summed E-state index contributed by atoms with van der Waals surface area (Å²) in [6, 6.07) is 10.7. The zero-order valence-corrected chi connectivity index (χ0v) is 14.6. The molecular weight excluding hydrogens is 310 g/mol. The van der Waals surface area contributed by atoms with Gasteiger partial charge in [-0.25, -0.2) is 8.42 Å². The molecule has 0 saturated heterocycles. The highest BCUT2D eigenvalue weighted by atomic mass is 32.2. The van der Waals surface area contributed by atoms with Gasteiger partial charge in [0, 0.05) is 11.9 Å². The number of benzene rings is 2. The number of anilines is 1. The Morgan fingerprint density at radius 3 is 2.22 bits per heavy atom. The van der Waals surface area contributed by atoms with Crippen molar-refractivity contribution in [1.29, 1.82) is 0 Å². The van der Waals surface area contributed by atoms with Crippen LogP contribution in [0.1, 0.15) is 22.3 Å². The van der Waals surface area contributed by atoms with Crippen molar-refractivity contribution in [2.75, 3.05) is 11.6 Å². The quantitative estimate of drug-likeness (QED) is 0.936. The van der Waals surface area contributed by atoms with E-state index in [1.807, 2.05) is 39.0 Å². The number of aryl methyl sites for hydroxylation is 3. The van der Waals surface area contributed by atoms with E-state index in [9.17, 15) is 13.2 Å². The van der Waals surface area contributed by atoms with Gasteiger partial charge < -0.3 is 5.32 Å². The topological polar surface area (TPSA) is 63.2 Å². The van der Waals surface area contributed by atoms with Gasteiger partial charge in [-0.05, 0) is 55.2 Å². The second kappa shape index (κ2) is 6.54. The molecule has 4 nitrogen and oxygen atoms in total. The first-order chi connectivity index (χ1) is 10.7. The fourth-order valence-electron chi connectivity index (χ4n) is 2.26. The van der Waals surface area contributed by atoms with E-state index in [1.165, 1.54) is 11.6 Å². The molecule has 5 heteroatoms. The summed E-state index contributed by atoms with van der Waals surface area (Å²) in [7, 11) is -3.30. The molecule has 0 fully saturated rings. The fourth-order valence-corrected chi connectivity index (χ4v) is 2.91. The van der Waals surface area contributed by atoms with Crippen molar-refractivity contribution >= 4 is 21.4 Å². The molecule has 0 unspecified atom stereocenters. The molecule has 1 amide bonds. The Morgan fingerprint density at radius 1 is 0.957 bits per heavy atom. The van der Waals surface area contributed by atoms with Crippen LogP contribution in [0, 0.1) is 20.8 Å². The summed E-state index contributed by atoms with van der Waals surface area (Å²) in [5, 5.41) is 2.80. The van der Waals surface area contributed by atoms with Gasteiger partial charge in [-0.3, -0.25) is 4.79 Å². The summed E-state index contributed by atoms with van der Waals surface area (Å²) < 4.78 is 23.3.